The molecule has 1 saturated heterocycles. The SMILES string of the molecule is Cn1ncc(C(=O)NCCC2CCNC(=O)C2)c1Cc1ccccc1. The molecule has 25 heavy (non-hydrogen) atoms. The van der Waals surface area contributed by atoms with E-state index in [-0.39, 0.29) is 11.8 Å². The van der Waals surface area contributed by atoms with E-state index >= 15 is 0 Å². The van der Waals surface area contributed by atoms with Gasteiger partial charge in [-0.15, -0.1) is 0 Å². The lowest BCUT2D eigenvalue weighted by Crippen LogP contribution is -2.35. The molecule has 1 unspecified atom stereocenters. The predicted octanol–water partition coefficient (Wildman–Crippen LogP) is 1.66. The Labute approximate surface area is 147 Å². The molecular weight excluding hydrogens is 316 g/mol. The second-order valence-electron chi connectivity index (χ2n) is 6.54. The smallest absolute Gasteiger partial charge is 0.254 e. The maximum absolute atomic E-state index is 12.5. The summed E-state index contributed by atoms with van der Waals surface area (Å²) < 4.78 is 1.76. The van der Waals surface area contributed by atoms with Crippen LogP contribution >= 0.6 is 0 Å². The summed E-state index contributed by atoms with van der Waals surface area (Å²) in [4.78, 5) is 23.9. The third-order valence-corrected chi connectivity index (χ3v) is 4.71. The molecule has 2 heterocycles. The molecule has 2 N–H and O–H groups in total. The van der Waals surface area contributed by atoms with Crippen LogP contribution in [0.25, 0.3) is 0 Å². The molecule has 2 aromatic rings. The van der Waals surface area contributed by atoms with Crippen molar-refractivity contribution in [3.63, 3.8) is 0 Å². The van der Waals surface area contributed by atoms with Gasteiger partial charge in [-0.3, -0.25) is 14.3 Å². The van der Waals surface area contributed by atoms with Gasteiger partial charge in [0, 0.05) is 33.0 Å². The Kier molecular flexibility index (Phi) is 5.48. The highest BCUT2D eigenvalue weighted by atomic mass is 16.2. The van der Waals surface area contributed by atoms with Crippen LogP contribution in [0.4, 0.5) is 0 Å². The maximum Gasteiger partial charge on any atom is 0.254 e. The summed E-state index contributed by atoms with van der Waals surface area (Å²) in [6, 6.07) is 10.1. The zero-order valence-electron chi connectivity index (χ0n) is 14.5. The van der Waals surface area contributed by atoms with Crippen LogP contribution in [-0.2, 0) is 18.3 Å². The van der Waals surface area contributed by atoms with Crippen LogP contribution in [0.2, 0.25) is 0 Å². The minimum absolute atomic E-state index is 0.0979. The van der Waals surface area contributed by atoms with E-state index in [1.807, 2.05) is 37.4 Å². The van der Waals surface area contributed by atoms with Crippen molar-refractivity contribution in [1.82, 2.24) is 20.4 Å². The summed E-state index contributed by atoms with van der Waals surface area (Å²) in [5, 5.41) is 10.1. The average Bonchev–Trinajstić information content (AvgIpc) is 2.97. The zero-order valence-corrected chi connectivity index (χ0v) is 14.5. The van der Waals surface area contributed by atoms with Gasteiger partial charge in [0.2, 0.25) is 5.91 Å². The first-order chi connectivity index (χ1) is 12.1. The number of amides is 2. The van der Waals surface area contributed by atoms with Crippen LogP contribution < -0.4 is 10.6 Å². The molecule has 1 fully saturated rings. The number of carbonyl (C=O) groups excluding carboxylic acids is 2. The minimum Gasteiger partial charge on any atom is -0.356 e. The number of carbonyl (C=O) groups is 2. The summed E-state index contributed by atoms with van der Waals surface area (Å²) in [7, 11) is 1.86. The zero-order chi connectivity index (χ0) is 17.6. The molecule has 0 spiro atoms. The fourth-order valence-electron chi connectivity index (χ4n) is 3.23. The molecule has 2 amide bonds. The third-order valence-electron chi connectivity index (χ3n) is 4.71. The lowest BCUT2D eigenvalue weighted by Gasteiger charge is -2.21. The van der Waals surface area contributed by atoms with Gasteiger partial charge in [0.15, 0.2) is 0 Å². The van der Waals surface area contributed by atoms with Gasteiger partial charge in [0.1, 0.15) is 0 Å². The highest BCUT2D eigenvalue weighted by molar-refractivity contribution is 5.95. The quantitative estimate of drug-likeness (QED) is 0.840. The Balaban J connectivity index is 1.58. The first-order valence-electron chi connectivity index (χ1n) is 8.73. The van der Waals surface area contributed by atoms with Gasteiger partial charge < -0.3 is 10.6 Å². The summed E-state index contributed by atoms with van der Waals surface area (Å²) in [5.74, 6) is 0.367. The van der Waals surface area contributed by atoms with E-state index in [1.165, 1.54) is 0 Å². The van der Waals surface area contributed by atoms with E-state index in [0.29, 0.717) is 30.9 Å². The van der Waals surface area contributed by atoms with Gasteiger partial charge in [-0.1, -0.05) is 30.3 Å². The molecule has 1 aliphatic heterocycles. The van der Waals surface area contributed by atoms with Gasteiger partial charge in [-0.25, -0.2) is 0 Å². The predicted molar refractivity (Wildman–Crippen MR) is 95.1 cm³/mol. The Morgan fingerprint density at radius 3 is 2.92 bits per heavy atom. The maximum atomic E-state index is 12.5. The Morgan fingerprint density at radius 2 is 2.16 bits per heavy atom. The summed E-state index contributed by atoms with van der Waals surface area (Å²) >= 11 is 0. The van der Waals surface area contributed by atoms with Crippen LogP contribution in [0.15, 0.2) is 36.5 Å². The minimum atomic E-state index is -0.0979. The van der Waals surface area contributed by atoms with Crippen LogP contribution in [0.3, 0.4) is 0 Å². The molecule has 0 radical (unpaired) electrons. The fraction of sp³-hybridized carbons (Fsp3) is 0.421. The van der Waals surface area contributed by atoms with E-state index in [0.717, 1.165) is 30.6 Å². The monoisotopic (exact) mass is 340 g/mol. The summed E-state index contributed by atoms with van der Waals surface area (Å²) in [6.07, 6.45) is 4.66. The van der Waals surface area contributed by atoms with Gasteiger partial charge in [0.25, 0.3) is 5.91 Å². The first-order valence-corrected chi connectivity index (χ1v) is 8.73. The molecule has 0 saturated carbocycles. The number of piperidine rings is 1. The molecule has 1 aromatic heterocycles. The molecule has 3 rings (SSSR count). The van der Waals surface area contributed by atoms with E-state index in [2.05, 4.69) is 15.7 Å². The summed E-state index contributed by atoms with van der Waals surface area (Å²) in [5.41, 5.74) is 2.67. The van der Waals surface area contributed by atoms with Crippen LogP contribution in [0, 0.1) is 5.92 Å². The number of nitrogens with zero attached hydrogens (tertiary/aromatic N) is 2. The molecule has 1 aliphatic rings. The van der Waals surface area contributed by atoms with Crippen molar-refractivity contribution in [2.45, 2.75) is 25.7 Å². The van der Waals surface area contributed by atoms with Crippen molar-refractivity contribution >= 4 is 11.8 Å². The molecule has 1 atom stereocenters. The van der Waals surface area contributed by atoms with E-state index in [1.54, 1.807) is 10.9 Å². The van der Waals surface area contributed by atoms with E-state index in [9.17, 15) is 9.59 Å². The molecule has 6 heteroatoms. The van der Waals surface area contributed by atoms with Crippen molar-refractivity contribution in [3.05, 3.63) is 53.3 Å². The Bertz CT molecular complexity index is 739. The summed E-state index contributed by atoms with van der Waals surface area (Å²) in [6.45, 7) is 1.32. The van der Waals surface area contributed by atoms with E-state index < -0.39 is 0 Å². The number of benzene rings is 1. The highest BCUT2D eigenvalue weighted by Crippen LogP contribution is 2.17. The fourth-order valence-corrected chi connectivity index (χ4v) is 3.23. The normalized spacial score (nSPS) is 17.2. The lowest BCUT2D eigenvalue weighted by atomic mass is 9.94. The second kappa shape index (κ2) is 7.96. The molecule has 6 nitrogen and oxygen atoms in total. The number of hydrogen-bond donors (Lipinski definition) is 2. The number of aromatic nitrogens is 2. The standard InChI is InChI=1S/C19H24N4O2/c1-23-17(11-14-5-3-2-4-6-14)16(13-22-23)19(25)21-10-8-15-7-9-20-18(24)12-15/h2-6,13,15H,7-12H2,1H3,(H,20,24)(H,21,25). The van der Waals surface area contributed by atoms with Crippen molar-refractivity contribution in [2.75, 3.05) is 13.1 Å². The van der Waals surface area contributed by atoms with Crippen molar-refractivity contribution < 1.29 is 9.59 Å². The van der Waals surface area contributed by atoms with Crippen LogP contribution in [0.5, 0.6) is 0 Å². The van der Waals surface area contributed by atoms with Crippen LogP contribution in [-0.4, -0.2) is 34.7 Å². The topological polar surface area (TPSA) is 76.0 Å². The molecule has 0 aliphatic carbocycles. The lowest BCUT2D eigenvalue weighted by molar-refractivity contribution is -0.123. The number of rotatable bonds is 6. The molecule has 1 aromatic carbocycles. The van der Waals surface area contributed by atoms with E-state index in [4.69, 9.17) is 0 Å². The van der Waals surface area contributed by atoms with Gasteiger partial charge >= 0.3 is 0 Å². The molecule has 132 valence electrons. The van der Waals surface area contributed by atoms with Crippen molar-refractivity contribution in [2.24, 2.45) is 13.0 Å². The van der Waals surface area contributed by atoms with Gasteiger partial charge in [-0.05, 0) is 24.3 Å². The Morgan fingerprint density at radius 1 is 1.36 bits per heavy atom. The first kappa shape index (κ1) is 17.2. The second-order valence-corrected chi connectivity index (χ2v) is 6.54. The number of aryl methyl sites for hydroxylation is 1. The van der Waals surface area contributed by atoms with Crippen LogP contribution in [0.1, 0.15) is 40.9 Å². The number of nitrogens with one attached hydrogen (secondary N) is 2. The molecular formula is C19H24N4O2. The highest BCUT2D eigenvalue weighted by Gasteiger charge is 2.20. The number of hydrogen-bond acceptors (Lipinski definition) is 3. The third kappa shape index (κ3) is 4.47. The van der Waals surface area contributed by atoms with Crippen molar-refractivity contribution in [1.29, 1.82) is 0 Å². The van der Waals surface area contributed by atoms with Crippen molar-refractivity contribution in [3.8, 4) is 0 Å². The largest absolute Gasteiger partial charge is 0.356 e. The van der Waals surface area contributed by atoms with Gasteiger partial charge in [-0.2, -0.15) is 5.10 Å². The Hall–Kier alpha value is -2.63. The average molecular weight is 340 g/mol. The van der Waals surface area contributed by atoms with Gasteiger partial charge in [0.05, 0.1) is 17.5 Å². The molecule has 0 bridgehead atoms.